The standard InChI is InChI=1S/C10H19N5O2S/c1-10(2,3)9-14-7(11)6-8(15-9)13-4-5-18(12,16)17/h6H,4-5H2,1-3H3,(H2,12,16,17)(H3,11,13,14,15). The van der Waals surface area contributed by atoms with Crippen LogP contribution in [0.5, 0.6) is 0 Å². The zero-order chi connectivity index (χ0) is 14.0. The van der Waals surface area contributed by atoms with Crippen LogP contribution in [0.1, 0.15) is 26.6 Å². The third-order valence-corrected chi connectivity index (χ3v) is 2.88. The summed E-state index contributed by atoms with van der Waals surface area (Å²) in [6, 6.07) is 1.55. The van der Waals surface area contributed by atoms with Gasteiger partial charge in [-0.25, -0.2) is 23.5 Å². The molecule has 0 saturated heterocycles. The van der Waals surface area contributed by atoms with Gasteiger partial charge in [0.1, 0.15) is 17.5 Å². The molecule has 0 aliphatic heterocycles. The van der Waals surface area contributed by atoms with E-state index in [-0.39, 0.29) is 17.7 Å². The SMILES string of the molecule is CC(C)(C)c1nc(N)cc(NCCS(N)(=O)=O)n1. The van der Waals surface area contributed by atoms with E-state index in [1.165, 1.54) is 0 Å². The summed E-state index contributed by atoms with van der Waals surface area (Å²) in [4.78, 5) is 8.43. The van der Waals surface area contributed by atoms with E-state index < -0.39 is 10.0 Å². The van der Waals surface area contributed by atoms with Gasteiger partial charge in [0, 0.05) is 18.0 Å². The molecule has 0 spiro atoms. The average molecular weight is 273 g/mol. The van der Waals surface area contributed by atoms with E-state index in [2.05, 4.69) is 15.3 Å². The molecule has 1 heterocycles. The van der Waals surface area contributed by atoms with Crippen LogP contribution in [0.4, 0.5) is 11.6 Å². The fourth-order valence-corrected chi connectivity index (χ4v) is 1.60. The highest BCUT2D eigenvalue weighted by molar-refractivity contribution is 7.89. The van der Waals surface area contributed by atoms with E-state index in [4.69, 9.17) is 10.9 Å². The Labute approximate surface area is 107 Å². The van der Waals surface area contributed by atoms with Crippen LogP contribution in [0, 0.1) is 0 Å². The molecule has 0 atom stereocenters. The highest BCUT2D eigenvalue weighted by atomic mass is 32.2. The molecule has 1 aromatic rings. The maximum Gasteiger partial charge on any atom is 0.210 e. The van der Waals surface area contributed by atoms with Crippen molar-refractivity contribution < 1.29 is 8.42 Å². The summed E-state index contributed by atoms with van der Waals surface area (Å²) in [6.45, 7) is 6.08. The van der Waals surface area contributed by atoms with Crippen LogP contribution >= 0.6 is 0 Å². The molecule has 18 heavy (non-hydrogen) atoms. The summed E-state index contributed by atoms with van der Waals surface area (Å²) < 4.78 is 21.6. The zero-order valence-corrected chi connectivity index (χ0v) is 11.6. The first kappa shape index (κ1) is 14.7. The fraction of sp³-hybridized carbons (Fsp3) is 0.600. The Kier molecular flexibility index (Phi) is 4.12. The number of sulfonamides is 1. The number of anilines is 2. The first-order chi connectivity index (χ1) is 8.08. The van der Waals surface area contributed by atoms with Crippen LogP contribution in [0.15, 0.2) is 6.07 Å². The summed E-state index contributed by atoms with van der Waals surface area (Å²) in [6.07, 6.45) is 0. The Bertz CT molecular complexity index is 522. The number of rotatable bonds is 4. The first-order valence-electron chi connectivity index (χ1n) is 5.47. The number of nitrogens with two attached hydrogens (primary N) is 2. The van der Waals surface area contributed by atoms with Gasteiger partial charge in [-0.3, -0.25) is 0 Å². The molecular weight excluding hydrogens is 254 g/mol. The van der Waals surface area contributed by atoms with Gasteiger partial charge in [-0.1, -0.05) is 20.8 Å². The van der Waals surface area contributed by atoms with Crippen molar-refractivity contribution in [2.45, 2.75) is 26.2 Å². The van der Waals surface area contributed by atoms with E-state index >= 15 is 0 Å². The van der Waals surface area contributed by atoms with E-state index in [1.807, 2.05) is 20.8 Å². The van der Waals surface area contributed by atoms with Crippen molar-refractivity contribution in [3.05, 3.63) is 11.9 Å². The van der Waals surface area contributed by atoms with Crippen molar-refractivity contribution >= 4 is 21.7 Å². The van der Waals surface area contributed by atoms with Gasteiger partial charge in [-0.15, -0.1) is 0 Å². The van der Waals surface area contributed by atoms with Gasteiger partial charge in [0.2, 0.25) is 10.0 Å². The lowest BCUT2D eigenvalue weighted by molar-refractivity contribution is 0.547. The topological polar surface area (TPSA) is 124 Å². The molecular formula is C10H19N5O2S. The second kappa shape index (κ2) is 5.07. The summed E-state index contributed by atoms with van der Waals surface area (Å²) >= 11 is 0. The average Bonchev–Trinajstić information content (AvgIpc) is 2.13. The molecule has 0 radical (unpaired) electrons. The molecule has 0 bridgehead atoms. The smallest absolute Gasteiger partial charge is 0.210 e. The van der Waals surface area contributed by atoms with Crippen LogP contribution in [0.2, 0.25) is 0 Å². The molecule has 0 amide bonds. The third-order valence-electron chi connectivity index (χ3n) is 2.11. The van der Waals surface area contributed by atoms with Crippen molar-refractivity contribution in [2.75, 3.05) is 23.3 Å². The lowest BCUT2D eigenvalue weighted by Gasteiger charge is -2.18. The molecule has 1 aromatic heterocycles. The minimum atomic E-state index is -3.48. The maximum atomic E-state index is 10.8. The second-order valence-electron chi connectivity index (χ2n) is 5.05. The quantitative estimate of drug-likeness (QED) is 0.712. The maximum absolute atomic E-state index is 10.8. The molecule has 0 fully saturated rings. The van der Waals surface area contributed by atoms with Gasteiger partial charge in [-0.2, -0.15) is 0 Å². The zero-order valence-electron chi connectivity index (χ0n) is 10.8. The van der Waals surface area contributed by atoms with Crippen LogP contribution < -0.4 is 16.2 Å². The molecule has 0 unspecified atom stereocenters. The van der Waals surface area contributed by atoms with Gasteiger partial charge >= 0.3 is 0 Å². The lowest BCUT2D eigenvalue weighted by Crippen LogP contribution is -2.23. The summed E-state index contributed by atoms with van der Waals surface area (Å²) in [5, 5.41) is 7.77. The molecule has 5 N–H and O–H groups in total. The predicted octanol–water partition coefficient (Wildman–Crippen LogP) is 0.0567. The Balaban J connectivity index is 2.81. The van der Waals surface area contributed by atoms with Crippen molar-refractivity contribution in [3.8, 4) is 0 Å². The van der Waals surface area contributed by atoms with Crippen molar-refractivity contribution in [1.29, 1.82) is 0 Å². The normalized spacial score (nSPS) is 12.4. The highest BCUT2D eigenvalue weighted by Gasteiger charge is 2.18. The van der Waals surface area contributed by atoms with Gasteiger partial charge in [-0.05, 0) is 0 Å². The monoisotopic (exact) mass is 273 g/mol. The minimum Gasteiger partial charge on any atom is -0.384 e. The summed E-state index contributed by atoms with van der Waals surface area (Å²) in [5.41, 5.74) is 5.45. The molecule has 0 aliphatic carbocycles. The molecule has 0 aromatic carbocycles. The Morgan fingerprint density at radius 3 is 2.44 bits per heavy atom. The number of hydrogen-bond donors (Lipinski definition) is 3. The number of nitrogen functional groups attached to an aromatic ring is 1. The van der Waals surface area contributed by atoms with Gasteiger partial charge in [0.05, 0.1) is 5.75 Å². The lowest BCUT2D eigenvalue weighted by atomic mass is 9.96. The van der Waals surface area contributed by atoms with Gasteiger partial charge in [0.25, 0.3) is 0 Å². The Morgan fingerprint density at radius 1 is 1.33 bits per heavy atom. The Morgan fingerprint density at radius 2 is 1.94 bits per heavy atom. The molecule has 8 heteroatoms. The van der Waals surface area contributed by atoms with Gasteiger partial charge < -0.3 is 11.1 Å². The number of aromatic nitrogens is 2. The summed E-state index contributed by atoms with van der Waals surface area (Å²) in [5.74, 6) is 1.27. The van der Waals surface area contributed by atoms with Crippen LogP contribution in [0.3, 0.4) is 0 Å². The molecule has 0 aliphatic rings. The number of primary sulfonamides is 1. The second-order valence-corrected chi connectivity index (χ2v) is 6.78. The van der Waals surface area contributed by atoms with E-state index in [1.54, 1.807) is 6.07 Å². The van der Waals surface area contributed by atoms with Gasteiger partial charge in [0.15, 0.2) is 0 Å². The number of nitrogens with one attached hydrogen (secondary N) is 1. The largest absolute Gasteiger partial charge is 0.384 e. The van der Waals surface area contributed by atoms with Crippen LogP contribution in [-0.4, -0.2) is 30.7 Å². The molecule has 0 saturated carbocycles. The first-order valence-corrected chi connectivity index (χ1v) is 7.19. The summed E-state index contributed by atoms with van der Waals surface area (Å²) in [7, 11) is -3.48. The highest BCUT2D eigenvalue weighted by Crippen LogP contribution is 2.20. The van der Waals surface area contributed by atoms with E-state index in [0.717, 1.165) is 0 Å². The molecule has 7 nitrogen and oxygen atoms in total. The number of hydrogen-bond acceptors (Lipinski definition) is 6. The fourth-order valence-electron chi connectivity index (χ4n) is 1.21. The molecule has 102 valence electrons. The minimum absolute atomic E-state index is 0.165. The van der Waals surface area contributed by atoms with E-state index in [0.29, 0.717) is 17.5 Å². The van der Waals surface area contributed by atoms with Crippen molar-refractivity contribution in [2.24, 2.45) is 5.14 Å². The third kappa shape index (κ3) is 4.84. The predicted molar refractivity (Wildman–Crippen MR) is 71.6 cm³/mol. The number of nitrogens with zero attached hydrogens (tertiary/aromatic N) is 2. The van der Waals surface area contributed by atoms with Crippen molar-refractivity contribution in [1.82, 2.24) is 9.97 Å². The molecule has 1 rings (SSSR count). The Hall–Kier alpha value is -1.41. The van der Waals surface area contributed by atoms with Crippen molar-refractivity contribution in [3.63, 3.8) is 0 Å². The van der Waals surface area contributed by atoms with Crippen LogP contribution in [0.25, 0.3) is 0 Å². The van der Waals surface area contributed by atoms with Crippen LogP contribution in [-0.2, 0) is 15.4 Å². The van der Waals surface area contributed by atoms with E-state index in [9.17, 15) is 8.42 Å².